The molecule has 0 bridgehead atoms. The van der Waals surface area contributed by atoms with Crippen molar-refractivity contribution in [3.8, 4) is 11.4 Å². The van der Waals surface area contributed by atoms with E-state index in [9.17, 15) is 0 Å². The first-order valence-corrected chi connectivity index (χ1v) is 10.9. The number of aryl methyl sites for hydroxylation is 1. The molecule has 0 spiro atoms. The van der Waals surface area contributed by atoms with Crippen molar-refractivity contribution in [1.82, 2.24) is 30.5 Å². The van der Waals surface area contributed by atoms with E-state index < -0.39 is 0 Å². The Labute approximate surface area is 182 Å². The molecule has 1 aliphatic heterocycles. The number of aromatic amines is 1. The largest absolute Gasteiger partial charge is 0.368 e. The van der Waals surface area contributed by atoms with Crippen LogP contribution < -0.4 is 4.90 Å². The molecule has 3 aromatic rings. The Morgan fingerprint density at radius 2 is 2.10 bits per heavy atom. The summed E-state index contributed by atoms with van der Waals surface area (Å²) in [6.45, 7) is 11.9. The fourth-order valence-electron chi connectivity index (χ4n) is 4.30. The van der Waals surface area contributed by atoms with Gasteiger partial charge in [-0.3, -0.25) is 9.88 Å². The summed E-state index contributed by atoms with van der Waals surface area (Å²) in [5.74, 6) is 0.442. The van der Waals surface area contributed by atoms with Crippen molar-refractivity contribution >= 4 is 5.69 Å². The molecule has 3 heterocycles. The van der Waals surface area contributed by atoms with Crippen molar-refractivity contribution in [3.63, 3.8) is 0 Å². The van der Waals surface area contributed by atoms with Crippen LogP contribution in [0.1, 0.15) is 37.6 Å². The van der Waals surface area contributed by atoms with Crippen LogP contribution in [0.3, 0.4) is 0 Å². The van der Waals surface area contributed by atoms with E-state index in [-0.39, 0.29) is 5.82 Å². The quantitative estimate of drug-likeness (QED) is 0.653. The molecule has 8 heteroatoms. The van der Waals surface area contributed by atoms with Crippen LogP contribution in [0.15, 0.2) is 30.5 Å². The van der Waals surface area contributed by atoms with E-state index in [0.717, 1.165) is 49.5 Å². The van der Waals surface area contributed by atoms with Gasteiger partial charge in [-0.05, 0) is 60.7 Å². The third-order valence-corrected chi connectivity index (χ3v) is 5.92. The maximum atomic E-state index is 15.2. The summed E-state index contributed by atoms with van der Waals surface area (Å²) >= 11 is 0. The van der Waals surface area contributed by atoms with Crippen molar-refractivity contribution < 1.29 is 4.39 Å². The number of nitrogens with one attached hydrogen (secondary N) is 1. The maximum absolute atomic E-state index is 15.2. The molecular formula is C23H30FN7. The minimum atomic E-state index is -0.297. The number of halogens is 1. The van der Waals surface area contributed by atoms with E-state index in [0.29, 0.717) is 23.3 Å². The second-order valence-electron chi connectivity index (χ2n) is 8.84. The summed E-state index contributed by atoms with van der Waals surface area (Å²) in [7, 11) is 0. The van der Waals surface area contributed by atoms with Crippen molar-refractivity contribution in [1.29, 1.82) is 0 Å². The lowest BCUT2D eigenvalue weighted by Gasteiger charge is -2.41. The maximum Gasteiger partial charge on any atom is 0.209 e. The number of tetrazole rings is 1. The first-order valence-electron chi connectivity index (χ1n) is 10.9. The zero-order chi connectivity index (χ0) is 22.0. The molecular weight excluding hydrogens is 393 g/mol. The minimum Gasteiger partial charge on any atom is -0.368 e. The number of piperazine rings is 1. The van der Waals surface area contributed by atoms with Gasteiger partial charge < -0.3 is 4.90 Å². The summed E-state index contributed by atoms with van der Waals surface area (Å²) in [6, 6.07) is 8.07. The van der Waals surface area contributed by atoms with Crippen LogP contribution in [0.25, 0.3) is 11.4 Å². The first-order chi connectivity index (χ1) is 14.9. The van der Waals surface area contributed by atoms with E-state index in [1.165, 1.54) is 5.56 Å². The Morgan fingerprint density at radius 1 is 1.26 bits per heavy atom. The van der Waals surface area contributed by atoms with Gasteiger partial charge in [0.15, 0.2) is 0 Å². The second kappa shape index (κ2) is 9.09. The number of H-pyrrole nitrogens is 1. The van der Waals surface area contributed by atoms with Gasteiger partial charge in [0.2, 0.25) is 5.82 Å². The lowest BCUT2D eigenvalue weighted by Crippen LogP contribution is -2.51. The molecule has 1 atom stereocenters. The number of pyridine rings is 1. The molecule has 1 saturated heterocycles. The van der Waals surface area contributed by atoms with Crippen LogP contribution in [0.4, 0.5) is 10.1 Å². The van der Waals surface area contributed by atoms with Gasteiger partial charge in [-0.25, -0.2) is 4.39 Å². The van der Waals surface area contributed by atoms with E-state index in [4.69, 9.17) is 0 Å². The van der Waals surface area contributed by atoms with Crippen LogP contribution in [0, 0.1) is 18.7 Å². The molecule has 1 unspecified atom stereocenters. The van der Waals surface area contributed by atoms with E-state index in [1.54, 1.807) is 6.07 Å². The minimum absolute atomic E-state index is 0.294. The highest BCUT2D eigenvalue weighted by atomic mass is 19.1. The average molecular weight is 424 g/mol. The molecule has 1 aromatic carbocycles. The molecule has 7 nitrogen and oxygen atoms in total. The molecule has 1 aliphatic rings. The van der Waals surface area contributed by atoms with Crippen LogP contribution >= 0.6 is 0 Å². The Bertz CT molecular complexity index is 1020. The Balaban J connectivity index is 1.60. The Morgan fingerprint density at radius 3 is 2.77 bits per heavy atom. The molecule has 0 aliphatic carbocycles. The van der Waals surface area contributed by atoms with Crippen molar-refractivity contribution in [3.05, 3.63) is 53.1 Å². The Kier molecular flexibility index (Phi) is 6.27. The SMILES string of the molecule is Cc1cccnc1CN1CCN(c2cc(CC(C)C)cc(F)c2-c2nn[nH]n2)CC1C. The monoisotopic (exact) mass is 423 g/mol. The number of hydrogen-bond donors (Lipinski definition) is 1. The topological polar surface area (TPSA) is 73.8 Å². The summed E-state index contributed by atoms with van der Waals surface area (Å²) in [6.07, 6.45) is 2.67. The van der Waals surface area contributed by atoms with E-state index >= 15 is 4.39 Å². The third-order valence-electron chi connectivity index (χ3n) is 5.92. The van der Waals surface area contributed by atoms with E-state index in [2.05, 4.69) is 75.2 Å². The fraction of sp³-hybridized carbons (Fsp3) is 0.478. The molecule has 31 heavy (non-hydrogen) atoms. The summed E-state index contributed by atoms with van der Waals surface area (Å²) < 4.78 is 15.2. The predicted molar refractivity (Wildman–Crippen MR) is 119 cm³/mol. The standard InChI is InChI=1S/C23H30FN7/c1-15(2)10-18-11-19(24)22(23-26-28-29-27-23)21(12-18)31-9-8-30(17(4)13-31)14-20-16(3)6-5-7-25-20/h5-7,11-12,15,17H,8-10,13-14H2,1-4H3,(H,26,27,28,29). The fourth-order valence-corrected chi connectivity index (χ4v) is 4.30. The average Bonchev–Trinajstić information content (AvgIpc) is 3.24. The summed E-state index contributed by atoms with van der Waals surface area (Å²) in [5, 5.41) is 14.2. The van der Waals surface area contributed by atoms with Gasteiger partial charge in [0.05, 0.1) is 16.9 Å². The number of aromatic nitrogens is 5. The smallest absolute Gasteiger partial charge is 0.209 e. The normalized spacial score (nSPS) is 17.5. The summed E-state index contributed by atoms with van der Waals surface area (Å²) in [4.78, 5) is 9.24. The van der Waals surface area contributed by atoms with Gasteiger partial charge in [0.25, 0.3) is 0 Å². The molecule has 0 radical (unpaired) electrons. The molecule has 1 fully saturated rings. The molecule has 1 N–H and O–H groups in total. The van der Waals surface area contributed by atoms with Crippen molar-refractivity contribution in [2.45, 2.75) is 46.7 Å². The highest BCUT2D eigenvalue weighted by Gasteiger charge is 2.28. The van der Waals surface area contributed by atoms with Gasteiger partial charge in [0.1, 0.15) is 5.82 Å². The molecule has 2 aromatic heterocycles. The van der Waals surface area contributed by atoms with Crippen molar-refractivity contribution in [2.75, 3.05) is 24.5 Å². The number of rotatable bonds is 6. The lowest BCUT2D eigenvalue weighted by atomic mass is 9.98. The van der Waals surface area contributed by atoms with Gasteiger partial charge in [-0.1, -0.05) is 19.9 Å². The predicted octanol–water partition coefficient (Wildman–Crippen LogP) is 3.62. The van der Waals surface area contributed by atoms with Gasteiger partial charge in [0, 0.05) is 38.4 Å². The number of nitrogens with zero attached hydrogens (tertiary/aromatic N) is 6. The highest BCUT2D eigenvalue weighted by Crippen LogP contribution is 2.34. The molecule has 0 saturated carbocycles. The zero-order valence-corrected chi connectivity index (χ0v) is 18.6. The zero-order valence-electron chi connectivity index (χ0n) is 18.6. The van der Waals surface area contributed by atoms with Crippen molar-refractivity contribution in [2.24, 2.45) is 5.92 Å². The van der Waals surface area contributed by atoms with Crippen LogP contribution in [-0.4, -0.2) is 56.2 Å². The van der Waals surface area contributed by atoms with Crippen LogP contribution in [-0.2, 0) is 13.0 Å². The first kappa shape index (κ1) is 21.4. The highest BCUT2D eigenvalue weighted by molar-refractivity contribution is 5.76. The van der Waals surface area contributed by atoms with E-state index in [1.807, 2.05) is 12.3 Å². The van der Waals surface area contributed by atoms with Gasteiger partial charge in [-0.2, -0.15) is 5.21 Å². The van der Waals surface area contributed by atoms with Gasteiger partial charge in [-0.15, -0.1) is 10.2 Å². The van der Waals surface area contributed by atoms with Gasteiger partial charge >= 0.3 is 0 Å². The lowest BCUT2D eigenvalue weighted by molar-refractivity contribution is 0.178. The number of hydrogen-bond acceptors (Lipinski definition) is 6. The van der Waals surface area contributed by atoms with Crippen LogP contribution in [0.5, 0.6) is 0 Å². The molecule has 164 valence electrons. The summed E-state index contributed by atoms with van der Waals surface area (Å²) in [5.41, 5.74) is 4.58. The number of anilines is 1. The second-order valence-corrected chi connectivity index (χ2v) is 8.84. The third kappa shape index (κ3) is 4.74. The molecule has 0 amide bonds. The number of benzene rings is 1. The Hall–Kier alpha value is -2.87. The van der Waals surface area contributed by atoms with Crippen LogP contribution in [0.2, 0.25) is 0 Å². The molecule has 4 rings (SSSR count).